The molecule has 3 aromatic rings. The van der Waals surface area contributed by atoms with Gasteiger partial charge in [0.05, 0.1) is 23.5 Å². The number of piperazine rings is 1. The fourth-order valence-electron chi connectivity index (χ4n) is 5.69. The van der Waals surface area contributed by atoms with Crippen molar-refractivity contribution < 1.29 is 31.5 Å². The van der Waals surface area contributed by atoms with Gasteiger partial charge in [0.15, 0.2) is 5.82 Å². The highest BCUT2D eigenvalue weighted by Gasteiger charge is 2.30. The molecule has 0 radical (unpaired) electrons. The van der Waals surface area contributed by atoms with Gasteiger partial charge in [-0.3, -0.25) is 4.79 Å². The van der Waals surface area contributed by atoms with E-state index < -0.39 is 46.5 Å². The normalized spacial score (nSPS) is 21.4. The number of alkyl halides is 2. The molecule has 12 heteroatoms. The Morgan fingerprint density at radius 2 is 1.70 bits per heavy atom. The van der Waals surface area contributed by atoms with E-state index in [9.17, 15) is 18.0 Å². The third kappa shape index (κ3) is 6.45. The van der Waals surface area contributed by atoms with Crippen molar-refractivity contribution in [2.45, 2.75) is 45.4 Å². The van der Waals surface area contributed by atoms with E-state index in [2.05, 4.69) is 15.2 Å². The number of nitrogens with one attached hydrogen (secondary N) is 1. The zero-order valence-corrected chi connectivity index (χ0v) is 24.4. The van der Waals surface area contributed by atoms with Crippen LogP contribution in [0.2, 0.25) is 0 Å². The van der Waals surface area contributed by atoms with Crippen LogP contribution in [-0.4, -0.2) is 73.8 Å². The SMILES string of the molecule is CC1CN(c2ccc(-c3c(F)cc(N4CCN(C)C(C)C4)c(NC(=O)c4ccc(F)cc4C(F)F)c3F)cn2)CC(C)O1. The number of hydrogen-bond donors (Lipinski definition) is 1. The molecule has 3 heterocycles. The molecule has 0 saturated carbocycles. The zero-order chi connectivity index (χ0) is 31.0. The topological polar surface area (TPSA) is 60.9 Å². The number of aromatic nitrogens is 1. The van der Waals surface area contributed by atoms with E-state index in [-0.39, 0.29) is 35.2 Å². The number of halogens is 5. The van der Waals surface area contributed by atoms with E-state index in [1.807, 2.05) is 32.7 Å². The van der Waals surface area contributed by atoms with Crippen LogP contribution in [0.1, 0.15) is 43.1 Å². The van der Waals surface area contributed by atoms with Gasteiger partial charge in [-0.25, -0.2) is 26.9 Å². The number of carbonyl (C=O) groups excluding carboxylic acids is 1. The molecule has 0 bridgehead atoms. The second-order valence-corrected chi connectivity index (χ2v) is 11.3. The van der Waals surface area contributed by atoms with Crippen molar-refractivity contribution in [2.24, 2.45) is 0 Å². The summed E-state index contributed by atoms with van der Waals surface area (Å²) in [5.74, 6) is -3.32. The van der Waals surface area contributed by atoms with Gasteiger partial charge in [-0.05, 0) is 58.2 Å². The Balaban J connectivity index is 1.55. The largest absolute Gasteiger partial charge is 0.372 e. The molecule has 0 aliphatic carbocycles. The van der Waals surface area contributed by atoms with Crippen LogP contribution in [0.25, 0.3) is 11.1 Å². The molecule has 2 fully saturated rings. The first-order valence-electron chi connectivity index (χ1n) is 14.2. The molecule has 3 atom stereocenters. The molecule has 43 heavy (non-hydrogen) atoms. The second kappa shape index (κ2) is 12.5. The Morgan fingerprint density at radius 1 is 0.977 bits per heavy atom. The van der Waals surface area contributed by atoms with Crippen molar-refractivity contribution in [3.05, 3.63) is 71.2 Å². The third-order valence-corrected chi connectivity index (χ3v) is 8.01. The minimum absolute atomic E-state index is 0.0113. The number of carbonyl (C=O) groups is 1. The van der Waals surface area contributed by atoms with Gasteiger partial charge in [0.2, 0.25) is 0 Å². The number of benzene rings is 2. The Labute approximate surface area is 247 Å². The molecule has 230 valence electrons. The quantitative estimate of drug-likeness (QED) is 0.343. The number of amides is 1. The molecule has 2 aliphatic heterocycles. The average molecular weight is 604 g/mol. The molecule has 1 N–H and O–H groups in total. The number of pyridine rings is 1. The third-order valence-electron chi connectivity index (χ3n) is 8.01. The minimum Gasteiger partial charge on any atom is -0.372 e. The maximum atomic E-state index is 16.4. The van der Waals surface area contributed by atoms with E-state index in [0.717, 1.165) is 18.2 Å². The molecular weight excluding hydrogens is 569 g/mol. The summed E-state index contributed by atoms with van der Waals surface area (Å²) < 4.78 is 79.0. The number of rotatable bonds is 6. The van der Waals surface area contributed by atoms with E-state index in [4.69, 9.17) is 4.74 Å². The highest BCUT2D eigenvalue weighted by Crippen LogP contribution is 2.39. The lowest BCUT2D eigenvalue weighted by molar-refractivity contribution is -0.00546. The van der Waals surface area contributed by atoms with Gasteiger partial charge in [0, 0.05) is 67.7 Å². The Morgan fingerprint density at radius 3 is 2.33 bits per heavy atom. The first-order valence-corrected chi connectivity index (χ1v) is 14.2. The smallest absolute Gasteiger partial charge is 0.264 e. The molecule has 5 rings (SSSR count). The van der Waals surface area contributed by atoms with Gasteiger partial charge in [0.25, 0.3) is 12.3 Å². The summed E-state index contributed by atoms with van der Waals surface area (Å²) in [6, 6.07) is 6.75. The molecule has 2 aromatic carbocycles. The lowest BCUT2D eigenvalue weighted by Crippen LogP contribution is -2.50. The van der Waals surface area contributed by atoms with Crippen molar-refractivity contribution in [1.29, 1.82) is 0 Å². The molecular formula is C31H34F5N5O2. The van der Waals surface area contributed by atoms with Crippen LogP contribution in [0.5, 0.6) is 0 Å². The molecule has 1 aromatic heterocycles. The van der Waals surface area contributed by atoms with Crippen LogP contribution in [-0.2, 0) is 4.74 Å². The molecule has 1 amide bonds. The van der Waals surface area contributed by atoms with E-state index >= 15 is 8.78 Å². The molecule has 3 unspecified atom stereocenters. The van der Waals surface area contributed by atoms with Gasteiger partial charge < -0.3 is 24.8 Å². The van der Waals surface area contributed by atoms with Crippen LogP contribution in [0.3, 0.4) is 0 Å². The van der Waals surface area contributed by atoms with Crippen LogP contribution in [0.15, 0.2) is 42.6 Å². The van der Waals surface area contributed by atoms with Crippen molar-refractivity contribution in [2.75, 3.05) is 54.9 Å². The minimum atomic E-state index is -3.15. The summed E-state index contributed by atoms with van der Waals surface area (Å²) >= 11 is 0. The maximum absolute atomic E-state index is 16.4. The van der Waals surface area contributed by atoms with Gasteiger partial charge in [-0.2, -0.15) is 0 Å². The highest BCUT2D eigenvalue weighted by atomic mass is 19.3. The summed E-state index contributed by atoms with van der Waals surface area (Å²) in [7, 11) is 1.93. The average Bonchev–Trinajstić information content (AvgIpc) is 2.95. The van der Waals surface area contributed by atoms with E-state index in [0.29, 0.717) is 44.6 Å². The van der Waals surface area contributed by atoms with Gasteiger partial charge in [-0.15, -0.1) is 0 Å². The number of anilines is 3. The summed E-state index contributed by atoms with van der Waals surface area (Å²) in [5, 5.41) is 2.41. The van der Waals surface area contributed by atoms with Crippen molar-refractivity contribution >= 4 is 23.1 Å². The van der Waals surface area contributed by atoms with Gasteiger partial charge in [-0.1, -0.05) is 0 Å². The van der Waals surface area contributed by atoms with Crippen LogP contribution in [0.4, 0.5) is 39.1 Å². The van der Waals surface area contributed by atoms with Crippen molar-refractivity contribution in [1.82, 2.24) is 9.88 Å². The van der Waals surface area contributed by atoms with Crippen LogP contribution >= 0.6 is 0 Å². The first-order chi connectivity index (χ1) is 20.4. The van der Waals surface area contributed by atoms with Crippen LogP contribution in [0, 0.1) is 17.5 Å². The van der Waals surface area contributed by atoms with Gasteiger partial charge >= 0.3 is 0 Å². The standard InChI is InChI=1S/C31H34F5N5O2/c1-17-14-40(10-9-39(17)4)25-12-24(33)27(20-5-8-26(37-13-20)41-15-18(2)43-19(3)16-41)28(34)29(25)38-31(42)22-7-6-21(32)11-23(22)30(35)36/h5-8,11-13,17-19,30H,9-10,14-16H2,1-4H3,(H,38,42). The molecule has 0 spiro atoms. The Kier molecular flexibility index (Phi) is 8.89. The molecule has 2 aliphatic rings. The van der Waals surface area contributed by atoms with E-state index in [1.54, 1.807) is 17.0 Å². The predicted octanol–water partition coefficient (Wildman–Crippen LogP) is 6.11. The number of likely N-dealkylation sites (N-methyl/N-ethyl adjacent to an activating group) is 1. The maximum Gasteiger partial charge on any atom is 0.264 e. The predicted molar refractivity (Wildman–Crippen MR) is 155 cm³/mol. The summed E-state index contributed by atoms with van der Waals surface area (Å²) in [6.07, 6.45) is -1.81. The number of ether oxygens (including phenoxy) is 1. The zero-order valence-electron chi connectivity index (χ0n) is 24.4. The van der Waals surface area contributed by atoms with Crippen molar-refractivity contribution in [3.8, 4) is 11.1 Å². The monoisotopic (exact) mass is 603 g/mol. The fourth-order valence-corrected chi connectivity index (χ4v) is 5.69. The number of nitrogens with zero attached hydrogens (tertiary/aromatic N) is 4. The fraction of sp³-hybridized carbons (Fsp3) is 0.419. The lowest BCUT2D eigenvalue weighted by atomic mass is 10.0. The second-order valence-electron chi connectivity index (χ2n) is 11.3. The highest BCUT2D eigenvalue weighted by molar-refractivity contribution is 6.07. The Hall–Kier alpha value is -3.77. The lowest BCUT2D eigenvalue weighted by Gasteiger charge is -2.40. The van der Waals surface area contributed by atoms with E-state index in [1.165, 1.54) is 6.20 Å². The summed E-state index contributed by atoms with van der Waals surface area (Å²) in [6.45, 7) is 8.50. The van der Waals surface area contributed by atoms with Gasteiger partial charge in [0.1, 0.15) is 23.1 Å². The first kappa shape index (κ1) is 30.7. The molecule has 7 nitrogen and oxygen atoms in total. The van der Waals surface area contributed by atoms with Crippen LogP contribution < -0.4 is 15.1 Å². The molecule has 2 saturated heterocycles. The summed E-state index contributed by atoms with van der Waals surface area (Å²) in [4.78, 5) is 23.6. The Bertz CT molecular complexity index is 1480. The number of morpholine rings is 1. The summed E-state index contributed by atoms with van der Waals surface area (Å²) in [5.41, 5.74) is -1.91. The van der Waals surface area contributed by atoms with Crippen molar-refractivity contribution in [3.63, 3.8) is 0 Å². The number of hydrogen-bond acceptors (Lipinski definition) is 6.